The molecule has 8 aromatic carbocycles. The molecule has 0 amide bonds. The van der Waals surface area contributed by atoms with Gasteiger partial charge in [-0.15, -0.1) is 11.3 Å². The average Bonchev–Trinajstić information content (AvgIpc) is 3.84. The minimum Gasteiger partial charge on any atom is -0.309 e. The number of para-hydroxylation sites is 3. The average molecular weight is 748 g/mol. The molecule has 5 nitrogen and oxygen atoms in total. The molecule has 268 valence electrons. The molecule has 0 bridgehead atoms. The van der Waals surface area contributed by atoms with E-state index in [1.54, 1.807) is 0 Å². The Labute approximate surface area is 333 Å². The highest BCUT2D eigenvalue weighted by atomic mass is 32.1. The van der Waals surface area contributed by atoms with Crippen molar-refractivity contribution in [2.75, 3.05) is 4.90 Å². The minimum absolute atomic E-state index is 0.574. The van der Waals surface area contributed by atoms with Gasteiger partial charge in [0.1, 0.15) is 0 Å². The second-order valence-electron chi connectivity index (χ2n) is 14.0. The van der Waals surface area contributed by atoms with Crippen molar-refractivity contribution in [2.45, 2.75) is 0 Å². The summed E-state index contributed by atoms with van der Waals surface area (Å²) in [6, 6.07) is 70.3. The topological polar surface area (TPSA) is 46.8 Å². The Morgan fingerprint density at radius 3 is 1.68 bits per heavy atom. The number of nitrogens with zero attached hydrogens (tertiary/aromatic N) is 5. The fraction of sp³-hybridized carbons (Fsp3) is 0. The first-order valence-electron chi connectivity index (χ1n) is 19.0. The van der Waals surface area contributed by atoms with Gasteiger partial charge in [-0.2, -0.15) is 9.97 Å². The minimum atomic E-state index is 0.574. The summed E-state index contributed by atoms with van der Waals surface area (Å²) in [4.78, 5) is 17.7. The van der Waals surface area contributed by atoms with Crippen molar-refractivity contribution in [2.24, 2.45) is 0 Å². The maximum atomic E-state index is 5.19. The van der Waals surface area contributed by atoms with E-state index >= 15 is 0 Å². The fourth-order valence-electron chi connectivity index (χ4n) is 8.06. The van der Waals surface area contributed by atoms with Crippen LogP contribution in [0.25, 0.3) is 81.8 Å². The Hall–Kier alpha value is -7.41. The number of benzene rings is 8. The van der Waals surface area contributed by atoms with Gasteiger partial charge in [-0.05, 0) is 48.0 Å². The van der Waals surface area contributed by atoms with Gasteiger partial charge in [0, 0.05) is 54.3 Å². The van der Waals surface area contributed by atoms with Gasteiger partial charge in [0.15, 0.2) is 11.6 Å². The highest BCUT2D eigenvalue weighted by Gasteiger charge is 2.22. The van der Waals surface area contributed by atoms with E-state index < -0.39 is 0 Å². The summed E-state index contributed by atoms with van der Waals surface area (Å²) in [6.07, 6.45) is 0. The Morgan fingerprint density at radius 2 is 0.965 bits per heavy atom. The molecule has 0 fully saturated rings. The number of hydrogen-bond acceptors (Lipinski definition) is 5. The summed E-state index contributed by atoms with van der Waals surface area (Å²) in [6.45, 7) is 0. The van der Waals surface area contributed by atoms with Crippen LogP contribution >= 0.6 is 11.3 Å². The normalized spacial score (nSPS) is 11.5. The van der Waals surface area contributed by atoms with Crippen LogP contribution in [0.1, 0.15) is 0 Å². The van der Waals surface area contributed by atoms with Gasteiger partial charge in [0.25, 0.3) is 0 Å². The van der Waals surface area contributed by atoms with Crippen LogP contribution in [0.15, 0.2) is 200 Å². The van der Waals surface area contributed by atoms with E-state index in [1.165, 1.54) is 20.2 Å². The number of fused-ring (bicyclic) bond motifs is 6. The first-order chi connectivity index (χ1) is 28.3. The van der Waals surface area contributed by atoms with E-state index in [0.717, 1.165) is 61.1 Å². The molecular formula is C51H33N5S. The number of aromatic nitrogens is 4. The molecule has 0 atom stereocenters. The molecule has 0 N–H and O–H groups in total. The lowest BCUT2D eigenvalue weighted by molar-refractivity contribution is 0.954. The molecule has 0 radical (unpaired) electrons. The van der Waals surface area contributed by atoms with Crippen LogP contribution in [0.5, 0.6) is 0 Å². The monoisotopic (exact) mass is 747 g/mol. The van der Waals surface area contributed by atoms with Crippen LogP contribution in [0.4, 0.5) is 17.1 Å². The first-order valence-corrected chi connectivity index (χ1v) is 19.9. The van der Waals surface area contributed by atoms with Gasteiger partial charge >= 0.3 is 0 Å². The molecule has 0 unspecified atom stereocenters. The van der Waals surface area contributed by atoms with Gasteiger partial charge in [0.05, 0.1) is 21.4 Å². The van der Waals surface area contributed by atoms with Crippen LogP contribution in [0.2, 0.25) is 0 Å². The predicted molar refractivity (Wildman–Crippen MR) is 238 cm³/mol. The maximum absolute atomic E-state index is 5.19. The van der Waals surface area contributed by atoms with E-state index in [9.17, 15) is 0 Å². The lowest BCUT2D eigenvalue weighted by Gasteiger charge is -2.26. The molecule has 3 heterocycles. The summed E-state index contributed by atoms with van der Waals surface area (Å²) in [5.74, 6) is 1.83. The molecule has 0 saturated heterocycles. The SMILES string of the molecule is c1ccc(-c2nc(-c3ccccc3)nc(-n3c4ccccc4c4cccc(-c5ccc(N(c6ccccc6)c6cccc7c6sc6ccccc67)cc5)c43)n2)cc1. The second kappa shape index (κ2) is 13.7. The summed E-state index contributed by atoms with van der Waals surface area (Å²) < 4.78 is 4.77. The van der Waals surface area contributed by atoms with Crippen molar-refractivity contribution >= 4 is 70.4 Å². The van der Waals surface area contributed by atoms with Crippen LogP contribution in [-0.2, 0) is 0 Å². The van der Waals surface area contributed by atoms with Crippen molar-refractivity contribution < 1.29 is 0 Å². The van der Waals surface area contributed by atoms with Gasteiger partial charge in [-0.25, -0.2) is 4.98 Å². The Bertz CT molecular complexity index is 3170. The van der Waals surface area contributed by atoms with Gasteiger partial charge in [-0.1, -0.05) is 158 Å². The molecule has 3 aromatic heterocycles. The third-order valence-corrected chi connectivity index (χ3v) is 11.9. The Kier molecular flexibility index (Phi) is 7.93. The smallest absolute Gasteiger partial charge is 0.238 e. The molecular weight excluding hydrogens is 715 g/mol. The number of anilines is 3. The predicted octanol–water partition coefficient (Wildman–Crippen LogP) is 13.8. The summed E-state index contributed by atoms with van der Waals surface area (Å²) in [7, 11) is 0. The lowest BCUT2D eigenvalue weighted by Crippen LogP contribution is -2.09. The molecule has 6 heteroatoms. The van der Waals surface area contributed by atoms with Crippen molar-refractivity contribution in [3.05, 3.63) is 200 Å². The molecule has 11 aromatic rings. The zero-order valence-electron chi connectivity index (χ0n) is 30.7. The first kappa shape index (κ1) is 33.0. The quantitative estimate of drug-likeness (QED) is 0.163. The molecule has 11 rings (SSSR count). The molecule has 0 aliphatic heterocycles. The van der Waals surface area contributed by atoms with E-state index in [2.05, 4.69) is 149 Å². The number of rotatable bonds is 7. The van der Waals surface area contributed by atoms with Crippen molar-refractivity contribution in [3.8, 4) is 39.9 Å². The van der Waals surface area contributed by atoms with Crippen LogP contribution in [0.3, 0.4) is 0 Å². The van der Waals surface area contributed by atoms with Gasteiger partial charge in [-0.3, -0.25) is 4.57 Å². The third-order valence-electron chi connectivity index (χ3n) is 10.7. The van der Waals surface area contributed by atoms with Crippen LogP contribution in [-0.4, -0.2) is 19.5 Å². The van der Waals surface area contributed by atoms with Crippen LogP contribution < -0.4 is 4.90 Å². The van der Waals surface area contributed by atoms with Gasteiger partial charge in [0.2, 0.25) is 5.95 Å². The zero-order chi connectivity index (χ0) is 37.7. The summed E-state index contributed by atoms with van der Waals surface area (Å²) in [5.41, 5.74) is 9.49. The molecule has 0 saturated carbocycles. The second-order valence-corrected chi connectivity index (χ2v) is 15.1. The molecule has 0 spiro atoms. The summed E-state index contributed by atoms with van der Waals surface area (Å²) in [5, 5.41) is 4.84. The largest absolute Gasteiger partial charge is 0.309 e. The van der Waals surface area contributed by atoms with E-state index in [1.807, 2.05) is 72.0 Å². The lowest BCUT2D eigenvalue weighted by atomic mass is 10.0. The highest BCUT2D eigenvalue weighted by Crippen LogP contribution is 2.45. The fourth-order valence-corrected chi connectivity index (χ4v) is 9.27. The van der Waals surface area contributed by atoms with E-state index in [0.29, 0.717) is 17.6 Å². The third kappa shape index (κ3) is 5.65. The van der Waals surface area contributed by atoms with E-state index in [4.69, 9.17) is 15.0 Å². The van der Waals surface area contributed by atoms with Crippen LogP contribution in [0, 0.1) is 0 Å². The number of thiophene rings is 1. The van der Waals surface area contributed by atoms with Crippen molar-refractivity contribution in [1.82, 2.24) is 19.5 Å². The standard InChI is InChI=1S/C51H33N5S/c1-4-16-35(17-5-1)49-52-50(36-18-6-2-7-19-36)54-51(53-49)56-44-27-12-10-22-40(44)42-25-14-24-39(47(42)56)34-30-32-38(33-31-34)55(37-20-8-3-9-21-37)45-28-15-26-43-41-23-11-13-29-46(41)57-48(43)45/h1-33H. The summed E-state index contributed by atoms with van der Waals surface area (Å²) >= 11 is 1.85. The van der Waals surface area contributed by atoms with Gasteiger partial charge < -0.3 is 4.90 Å². The molecule has 57 heavy (non-hydrogen) atoms. The van der Waals surface area contributed by atoms with E-state index in [-0.39, 0.29) is 0 Å². The van der Waals surface area contributed by atoms with Crippen molar-refractivity contribution in [1.29, 1.82) is 0 Å². The molecule has 0 aliphatic carbocycles. The highest BCUT2D eigenvalue weighted by molar-refractivity contribution is 7.26. The molecule has 0 aliphatic rings. The zero-order valence-corrected chi connectivity index (χ0v) is 31.5. The Morgan fingerprint density at radius 1 is 0.404 bits per heavy atom. The maximum Gasteiger partial charge on any atom is 0.238 e. The van der Waals surface area contributed by atoms with Crippen molar-refractivity contribution in [3.63, 3.8) is 0 Å². The number of hydrogen-bond donors (Lipinski definition) is 0. The Balaban J connectivity index is 1.10.